The van der Waals surface area contributed by atoms with Crippen LogP contribution in [0.25, 0.3) is 6.08 Å². The van der Waals surface area contributed by atoms with Crippen molar-refractivity contribution in [2.75, 3.05) is 13.7 Å². The van der Waals surface area contributed by atoms with Gasteiger partial charge in [0.2, 0.25) is 0 Å². The number of carbonyl (C=O) groups excluding carboxylic acids is 2. The third-order valence-corrected chi connectivity index (χ3v) is 5.05. The van der Waals surface area contributed by atoms with Crippen LogP contribution in [0.15, 0.2) is 52.4 Å². The van der Waals surface area contributed by atoms with E-state index in [0.29, 0.717) is 15.8 Å². The Morgan fingerprint density at radius 3 is 2.43 bits per heavy atom. The number of hydrogen-bond acceptors (Lipinski definition) is 5. The van der Waals surface area contributed by atoms with Crippen molar-refractivity contribution in [1.82, 2.24) is 4.90 Å². The largest absolute Gasteiger partial charge is 0.484 e. The molecular weight excluding hydrogens is 374 g/mol. The Bertz CT molecular complexity index is 961. The lowest BCUT2D eigenvalue weighted by molar-refractivity contribution is -0.121. The fraction of sp³-hybridized carbons (Fsp3) is 0.190. The van der Waals surface area contributed by atoms with Gasteiger partial charge in [0.25, 0.3) is 11.8 Å². The fourth-order valence-corrected chi connectivity index (χ4v) is 3.73. The van der Waals surface area contributed by atoms with Gasteiger partial charge in [0.15, 0.2) is 11.8 Å². The molecule has 2 amide bonds. The molecule has 0 saturated carbocycles. The molecular formula is C21H21N3O3S. The zero-order valence-corrected chi connectivity index (χ0v) is 16.7. The molecule has 1 heterocycles. The van der Waals surface area contributed by atoms with Gasteiger partial charge in [-0.25, -0.2) is 4.99 Å². The van der Waals surface area contributed by atoms with E-state index in [1.54, 1.807) is 24.1 Å². The Morgan fingerprint density at radius 2 is 1.82 bits per heavy atom. The van der Waals surface area contributed by atoms with Crippen LogP contribution in [0.3, 0.4) is 0 Å². The molecule has 2 aromatic carbocycles. The molecule has 2 aromatic rings. The summed E-state index contributed by atoms with van der Waals surface area (Å²) in [5.74, 6) is -0.0828. The standard InChI is InChI=1S/C21H21N3O3S/c1-13-8-14(2)10-16(9-13)23-21-24(3)20(26)18(28-21)11-15-4-6-17(7-5-15)27-12-19(22)25/h4-11H,12H2,1-3H3,(H2,22,25)/b18-11-,23-21?. The number of likely N-dealkylation sites (N-methyl/N-ethyl adjacent to an activating group) is 1. The molecule has 0 spiro atoms. The quantitative estimate of drug-likeness (QED) is 0.787. The normalized spacial score (nSPS) is 16.8. The number of rotatable bonds is 5. The van der Waals surface area contributed by atoms with Crippen molar-refractivity contribution in [3.8, 4) is 5.75 Å². The molecule has 0 aliphatic carbocycles. The highest BCUT2D eigenvalue weighted by Crippen LogP contribution is 2.33. The number of ether oxygens (including phenoxy) is 1. The van der Waals surface area contributed by atoms with E-state index < -0.39 is 5.91 Å². The van der Waals surface area contributed by atoms with Crippen LogP contribution in [-0.4, -0.2) is 35.5 Å². The SMILES string of the molecule is Cc1cc(C)cc(N=C2S/C(=C\c3ccc(OCC(N)=O)cc3)C(=O)N2C)c1. The summed E-state index contributed by atoms with van der Waals surface area (Å²) in [4.78, 5) is 30.1. The Hall–Kier alpha value is -3.06. The van der Waals surface area contributed by atoms with Gasteiger partial charge < -0.3 is 10.5 Å². The number of amides is 2. The predicted molar refractivity (Wildman–Crippen MR) is 112 cm³/mol. The molecule has 3 rings (SSSR count). The van der Waals surface area contributed by atoms with E-state index in [-0.39, 0.29) is 12.5 Å². The molecule has 1 saturated heterocycles. The van der Waals surface area contributed by atoms with Gasteiger partial charge in [-0.2, -0.15) is 0 Å². The average Bonchev–Trinajstić information content (AvgIpc) is 2.88. The number of aliphatic imine (C=N–C) groups is 1. The number of thioether (sulfide) groups is 1. The number of benzene rings is 2. The molecule has 1 aliphatic heterocycles. The number of nitrogens with zero attached hydrogens (tertiary/aromatic N) is 2. The van der Waals surface area contributed by atoms with E-state index in [9.17, 15) is 9.59 Å². The van der Waals surface area contributed by atoms with Crippen molar-refractivity contribution >= 4 is 40.5 Å². The fourth-order valence-electron chi connectivity index (χ4n) is 2.74. The van der Waals surface area contributed by atoms with E-state index in [1.807, 2.05) is 44.2 Å². The van der Waals surface area contributed by atoms with Crippen molar-refractivity contribution in [3.05, 3.63) is 64.1 Å². The maximum absolute atomic E-state index is 12.6. The Balaban J connectivity index is 1.79. The first-order valence-corrected chi connectivity index (χ1v) is 9.49. The highest BCUT2D eigenvalue weighted by atomic mass is 32.2. The lowest BCUT2D eigenvalue weighted by Crippen LogP contribution is -2.23. The van der Waals surface area contributed by atoms with Crippen LogP contribution in [0.2, 0.25) is 0 Å². The van der Waals surface area contributed by atoms with Crippen LogP contribution in [0.4, 0.5) is 5.69 Å². The van der Waals surface area contributed by atoms with E-state index in [4.69, 9.17) is 10.5 Å². The predicted octanol–water partition coefficient (Wildman–Crippen LogP) is 3.40. The smallest absolute Gasteiger partial charge is 0.266 e. The monoisotopic (exact) mass is 395 g/mol. The maximum atomic E-state index is 12.6. The molecule has 28 heavy (non-hydrogen) atoms. The van der Waals surface area contributed by atoms with Gasteiger partial charge >= 0.3 is 0 Å². The van der Waals surface area contributed by atoms with Gasteiger partial charge in [-0.1, -0.05) is 18.2 Å². The molecule has 7 heteroatoms. The summed E-state index contributed by atoms with van der Waals surface area (Å²) in [5.41, 5.74) is 9.00. The van der Waals surface area contributed by atoms with Gasteiger partial charge in [-0.05, 0) is 72.6 Å². The average molecular weight is 395 g/mol. The molecule has 0 bridgehead atoms. The number of amidine groups is 1. The minimum atomic E-state index is -0.530. The van der Waals surface area contributed by atoms with E-state index in [1.165, 1.54) is 11.8 Å². The summed E-state index contributed by atoms with van der Waals surface area (Å²) in [7, 11) is 1.72. The van der Waals surface area contributed by atoms with Crippen LogP contribution in [-0.2, 0) is 9.59 Å². The molecule has 0 unspecified atom stereocenters. The summed E-state index contributed by atoms with van der Waals surface area (Å²) in [6.45, 7) is 3.88. The zero-order valence-electron chi connectivity index (χ0n) is 15.9. The van der Waals surface area contributed by atoms with E-state index in [2.05, 4.69) is 11.1 Å². The van der Waals surface area contributed by atoms with E-state index in [0.717, 1.165) is 22.4 Å². The minimum Gasteiger partial charge on any atom is -0.484 e. The van der Waals surface area contributed by atoms with Gasteiger partial charge in [-0.3, -0.25) is 14.5 Å². The zero-order chi connectivity index (χ0) is 20.3. The number of carbonyl (C=O) groups is 2. The van der Waals surface area contributed by atoms with E-state index >= 15 is 0 Å². The van der Waals surface area contributed by atoms with Gasteiger partial charge in [-0.15, -0.1) is 0 Å². The van der Waals surface area contributed by atoms with Crippen LogP contribution in [0.1, 0.15) is 16.7 Å². The Kier molecular flexibility index (Phi) is 5.84. The minimum absolute atomic E-state index is 0.0952. The van der Waals surface area contributed by atoms with Crippen LogP contribution in [0.5, 0.6) is 5.75 Å². The molecule has 1 fully saturated rings. The molecule has 0 aromatic heterocycles. The topological polar surface area (TPSA) is 85.0 Å². The second-order valence-corrected chi connectivity index (χ2v) is 7.55. The second-order valence-electron chi connectivity index (χ2n) is 6.54. The number of hydrogen-bond donors (Lipinski definition) is 1. The van der Waals surface area contributed by atoms with Gasteiger partial charge in [0, 0.05) is 7.05 Å². The van der Waals surface area contributed by atoms with Crippen molar-refractivity contribution in [3.63, 3.8) is 0 Å². The Morgan fingerprint density at radius 1 is 1.18 bits per heavy atom. The third-order valence-electron chi connectivity index (χ3n) is 3.99. The van der Waals surface area contributed by atoms with Gasteiger partial charge in [0.05, 0.1) is 10.6 Å². The number of primary amides is 1. The first kappa shape index (κ1) is 19.7. The summed E-state index contributed by atoms with van der Waals surface area (Å²) >= 11 is 1.34. The lowest BCUT2D eigenvalue weighted by atomic mass is 10.1. The molecule has 1 aliphatic rings. The summed E-state index contributed by atoms with van der Waals surface area (Å²) < 4.78 is 5.24. The summed E-state index contributed by atoms with van der Waals surface area (Å²) in [5, 5.41) is 0.641. The van der Waals surface area contributed by atoms with Crippen molar-refractivity contribution < 1.29 is 14.3 Å². The highest BCUT2D eigenvalue weighted by molar-refractivity contribution is 8.18. The number of aryl methyl sites for hydroxylation is 2. The number of nitrogens with two attached hydrogens (primary N) is 1. The van der Waals surface area contributed by atoms with Crippen LogP contribution >= 0.6 is 11.8 Å². The molecule has 144 valence electrons. The first-order chi connectivity index (χ1) is 13.3. The lowest BCUT2D eigenvalue weighted by Gasteiger charge is -2.08. The highest BCUT2D eigenvalue weighted by Gasteiger charge is 2.30. The molecule has 6 nitrogen and oxygen atoms in total. The van der Waals surface area contributed by atoms with Crippen molar-refractivity contribution in [2.45, 2.75) is 13.8 Å². The maximum Gasteiger partial charge on any atom is 0.266 e. The molecule has 2 N–H and O–H groups in total. The van der Waals surface area contributed by atoms with Crippen molar-refractivity contribution in [2.24, 2.45) is 10.7 Å². The van der Waals surface area contributed by atoms with Crippen LogP contribution in [0, 0.1) is 13.8 Å². The van der Waals surface area contributed by atoms with Gasteiger partial charge in [0.1, 0.15) is 5.75 Å². The summed E-state index contributed by atoms with van der Waals surface area (Å²) in [6.07, 6.45) is 1.81. The Labute approximate surface area is 168 Å². The van der Waals surface area contributed by atoms with Crippen molar-refractivity contribution in [1.29, 1.82) is 0 Å². The second kappa shape index (κ2) is 8.31. The molecule has 0 atom stereocenters. The first-order valence-electron chi connectivity index (χ1n) is 8.67. The van der Waals surface area contributed by atoms with Crippen LogP contribution < -0.4 is 10.5 Å². The third kappa shape index (κ3) is 4.80. The summed E-state index contributed by atoms with van der Waals surface area (Å²) in [6, 6.07) is 13.2. The molecule has 0 radical (unpaired) electrons.